The highest BCUT2D eigenvalue weighted by Crippen LogP contribution is 2.29. The van der Waals surface area contributed by atoms with E-state index in [9.17, 15) is 4.79 Å². The Hall–Kier alpha value is -1.46. The minimum absolute atomic E-state index is 0. The highest BCUT2D eigenvalue weighted by molar-refractivity contribution is 5.94. The van der Waals surface area contributed by atoms with Gasteiger partial charge in [-0.1, -0.05) is 0 Å². The summed E-state index contributed by atoms with van der Waals surface area (Å²) in [4.78, 5) is 12.0. The number of nitrogens with one attached hydrogen (secondary N) is 2. The fourth-order valence-electron chi connectivity index (χ4n) is 2.02. The molecule has 1 aliphatic rings. The van der Waals surface area contributed by atoms with E-state index in [0.717, 1.165) is 19.5 Å². The summed E-state index contributed by atoms with van der Waals surface area (Å²) in [6.45, 7) is 1.63. The lowest BCUT2D eigenvalue weighted by molar-refractivity contribution is -0.119. The molecule has 1 heterocycles. The van der Waals surface area contributed by atoms with Gasteiger partial charge in [0.25, 0.3) is 0 Å². The lowest BCUT2D eigenvalue weighted by atomic mass is 10.1. The van der Waals surface area contributed by atoms with Crippen molar-refractivity contribution in [1.29, 1.82) is 0 Å². The van der Waals surface area contributed by atoms with Gasteiger partial charge >= 0.3 is 0 Å². The molecule has 0 aliphatic carbocycles. The minimum Gasteiger partial charge on any atom is -0.497 e. The molecule has 1 saturated heterocycles. The zero-order chi connectivity index (χ0) is 13.0. The Labute approximate surface area is 119 Å². The van der Waals surface area contributed by atoms with Crippen molar-refractivity contribution in [3.05, 3.63) is 18.2 Å². The van der Waals surface area contributed by atoms with Crippen molar-refractivity contribution >= 4 is 24.0 Å². The molecule has 19 heavy (non-hydrogen) atoms. The molecule has 106 valence electrons. The van der Waals surface area contributed by atoms with Crippen LogP contribution in [-0.2, 0) is 4.79 Å². The van der Waals surface area contributed by atoms with E-state index in [2.05, 4.69) is 10.6 Å². The fourth-order valence-corrected chi connectivity index (χ4v) is 2.02. The van der Waals surface area contributed by atoms with Gasteiger partial charge in [-0.3, -0.25) is 4.79 Å². The summed E-state index contributed by atoms with van der Waals surface area (Å²) in [5.74, 6) is 1.37. The van der Waals surface area contributed by atoms with E-state index in [1.807, 2.05) is 0 Å². The summed E-state index contributed by atoms with van der Waals surface area (Å²) < 4.78 is 10.4. The fraction of sp³-hybridized carbons (Fsp3) is 0.462. The van der Waals surface area contributed by atoms with E-state index >= 15 is 0 Å². The van der Waals surface area contributed by atoms with Gasteiger partial charge in [0.1, 0.15) is 11.5 Å². The van der Waals surface area contributed by atoms with E-state index in [1.54, 1.807) is 32.4 Å². The first-order chi connectivity index (χ1) is 8.74. The van der Waals surface area contributed by atoms with E-state index in [-0.39, 0.29) is 24.2 Å². The number of ether oxygens (including phenoxy) is 2. The van der Waals surface area contributed by atoms with Crippen LogP contribution in [-0.4, -0.2) is 33.2 Å². The summed E-state index contributed by atoms with van der Waals surface area (Å²) in [6.07, 6.45) is 0.873. The van der Waals surface area contributed by atoms with Crippen molar-refractivity contribution in [3.8, 4) is 11.5 Å². The Morgan fingerprint density at radius 3 is 2.74 bits per heavy atom. The number of benzene rings is 1. The first-order valence-corrected chi connectivity index (χ1v) is 5.98. The molecule has 6 heteroatoms. The number of carbonyl (C=O) groups is 1. The second kappa shape index (κ2) is 7.21. The van der Waals surface area contributed by atoms with E-state index in [4.69, 9.17) is 9.47 Å². The topological polar surface area (TPSA) is 59.6 Å². The van der Waals surface area contributed by atoms with Crippen molar-refractivity contribution in [2.24, 2.45) is 5.92 Å². The maximum Gasteiger partial charge on any atom is 0.228 e. The summed E-state index contributed by atoms with van der Waals surface area (Å²) in [5.41, 5.74) is 0.647. The smallest absolute Gasteiger partial charge is 0.228 e. The molecule has 2 N–H and O–H groups in total. The summed E-state index contributed by atoms with van der Waals surface area (Å²) in [7, 11) is 3.17. The predicted molar refractivity (Wildman–Crippen MR) is 76.4 cm³/mol. The first-order valence-electron chi connectivity index (χ1n) is 5.98. The molecular formula is C13H19ClN2O3. The summed E-state index contributed by atoms with van der Waals surface area (Å²) >= 11 is 0. The molecule has 1 aliphatic heterocycles. The van der Waals surface area contributed by atoms with Crippen LogP contribution in [0.2, 0.25) is 0 Å². The molecule has 2 rings (SSSR count). The van der Waals surface area contributed by atoms with Crippen LogP contribution in [0.15, 0.2) is 18.2 Å². The molecule has 0 saturated carbocycles. The van der Waals surface area contributed by atoms with Crippen molar-refractivity contribution in [1.82, 2.24) is 5.32 Å². The molecule has 0 aromatic heterocycles. The molecular weight excluding hydrogens is 268 g/mol. The zero-order valence-electron chi connectivity index (χ0n) is 11.1. The average Bonchev–Trinajstić information content (AvgIpc) is 2.92. The lowest BCUT2D eigenvalue weighted by Gasteiger charge is -2.14. The Morgan fingerprint density at radius 1 is 1.37 bits per heavy atom. The van der Waals surface area contributed by atoms with Crippen LogP contribution in [0.25, 0.3) is 0 Å². The second-order valence-electron chi connectivity index (χ2n) is 4.25. The van der Waals surface area contributed by atoms with Crippen molar-refractivity contribution in [2.45, 2.75) is 6.42 Å². The number of amides is 1. The molecule has 1 unspecified atom stereocenters. The monoisotopic (exact) mass is 286 g/mol. The van der Waals surface area contributed by atoms with Gasteiger partial charge in [-0.2, -0.15) is 0 Å². The number of carbonyl (C=O) groups excluding carboxylic acids is 1. The largest absolute Gasteiger partial charge is 0.497 e. The molecule has 1 aromatic carbocycles. The third-order valence-corrected chi connectivity index (χ3v) is 3.10. The Kier molecular flexibility index (Phi) is 5.92. The van der Waals surface area contributed by atoms with E-state index in [0.29, 0.717) is 17.2 Å². The molecule has 0 radical (unpaired) electrons. The van der Waals surface area contributed by atoms with Crippen LogP contribution < -0.4 is 20.1 Å². The van der Waals surface area contributed by atoms with Gasteiger partial charge in [-0.15, -0.1) is 12.4 Å². The van der Waals surface area contributed by atoms with Gasteiger partial charge in [0, 0.05) is 12.6 Å². The second-order valence-corrected chi connectivity index (χ2v) is 4.25. The van der Waals surface area contributed by atoms with Crippen LogP contribution in [0, 0.1) is 5.92 Å². The Bertz CT molecular complexity index is 434. The SMILES string of the molecule is COc1ccc(OC)c(NC(=O)C2CCNC2)c1.Cl. The quantitative estimate of drug-likeness (QED) is 0.884. The number of anilines is 1. The number of hydrogen-bond donors (Lipinski definition) is 2. The maximum absolute atomic E-state index is 12.0. The molecule has 0 bridgehead atoms. The highest BCUT2D eigenvalue weighted by atomic mass is 35.5. The van der Waals surface area contributed by atoms with Crippen molar-refractivity contribution in [2.75, 3.05) is 32.6 Å². The lowest BCUT2D eigenvalue weighted by Crippen LogP contribution is -2.24. The van der Waals surface area contributed by atoms with Crippen molar-refractivity contribution < 1.29 is 14.3 Å². The third kappa shape index (κ3) is 3.75. The van der Waals surface area contributed by atoms with Crippen LogP contribution in [0.5, 0.6) is 11.5 Å². The summed E-state index contributed by atoms with van der Waals surface area (Å²) in [6, 6.07) is 5.34. The normalized spacial score (nSPS) is 17.5. The predicted octanol–water partition coefficient (Wildman–Crippen LogP) is 1.67. The first kappa shape index (κ1) is 15.6. The van der Waals surface area contributed by atoms with Gasteiger partial charge in [0.05, 0.1) is 25.8 Å². The molecule has 5 nitrogen and oxygen atoms in total. The standard InChI is InChI=1S/C13H18N2O3.ClH/c1-17-10-3-4-12(18-2)11(7-10)15-13(16)9-5-6-14-8-9;/h3-4,7,9,14H,5-6,8H2,1-2H3,(H,15,16);1H. The van der Waals surface area contributed by atoms with E-state index in [1.165, 1.54) is 0 Å². The Morgan fingerprint density at radius 2 is 2.16 bits per heavy atom. The number of rotatable bonds is 4. The number of hydrogen-bond acceptors (Lipinski definition) is 4. The van der Waals surface area contributed by atoms with Gasteiger partial charge in [-0.05, 0) is 25.1 Å². The maximum atomic E-state index is 12.0. The molecule has 1 atom stereocenters. The molecule has 0 spiro atoms. The number of halogens is 1. The van der Waals surface area contributed by atoms with Crippen molar-refractivity contribution in [3.63, 3.8) is 0 Å². The third-order valence-electron chi connectivity index (χ3n) is 3.10. The Balaban J connectivity index is 0.00000180. The number of methoxy groups -OCH3 is 2. The van der Waals surface area contributed by atoms with Crippen LogP contribution in [0.1, 0.15) is 6.42 Å². The molecule has 1 aromatic rings. The van der Waals surface area contributed by atoms with Gasteiger partial charge in [0.15, 0.2) is 0 Å². The molecule has 1 fully saturated rings. The van der Waals surface area contributed by atoms with E-state index < -0.39 is 0 Å². The van der Waals surface area contributed by atoms with Gasteiger partial charge in [-0.25, -0.2) is 0 Å². The average molecular weight is 287 g/mol. The minimum atomic E-state index is 0. The summed E-state index contributed by atoms with van der Waals surface area (Å²) in [5, 5.41) is 6.07. The van der Waals surface area contributed by atoms with Crippen LogP contribution in [0.4, 0.5) is 5.69 Å². The van der Waals surface area contributed by atoms with Crippen LogP contribution >= 0.6 is 12.4 Å². The molecule has 1 amide bonds. The zero-order valence-corrected chi connectivity index (χ0v) is 11.9. The van der Waals surface area contributed by atoms with Gasteiger partial charge in [0.2, 0.25) is 5.91 Å². The van der Waals surface area contributed by atoms with Gasteiger partial charge < -0.3 is 20.1 Å². The highest BCUT2D eigenvalue weighted by Gasteiger charge is 2.23. The van der Waals surface area contributed by atoms with Crippen LogP contribution in [0.3, 0.4) is 0 Å².